The first-order valence-electron chi connectivity index (χ1n) is 10.6. The summed E-state index contributed by atoms with van der Waals surface area (Å²) in [6.07, 6.45) is 2.07. The van der Waals surface area contributed by atoms with Gasteiger partial charge in [0, 0.05) is 38.8 Å². The average Bonchev–Trinajstić information content (AvgIpc) is 3.07. The molecule has 0 spiro atoms. The van der Waals surface area contributed by atoms with Gasteiger partial charge in [-0.15, -0.1) is 16.9 Å². The van der Waals surface area contributed by atoms with Crippen LogP contribution in [0, 0.1) is 20.8 Å². The number of hydrogen-bond acceptors (Lipinski definition) is 6. The third-order valence-corrected chi connectivity index (χ3v) is 6.34. The molecule has 2 aromatic heterocycles. The van der Waals surface area contributed by atoms with Crippen molar-refractivity contribution in [2.45, 2.75) is 32.6 Å². The molecule has 1 N–H and O–H groups in total. The first kappa shape index (κ1) is 22.0. The molecule has 32 heavy (non-hydrogen) atoms. The van der Waals surface area contributed by atoms with Crippen LogP contribution in [0.5, 0.6) is 11.5 Å². The zero-order valence-corrected chi connectivity index (χ0v) is 20.1. The van der Waals surface area contributed by atoms with E-state index in [0.717, 1.165) is 56.5 Å². The lowest BCUT2D eigenvalue weighted by molar-refractivity contribution is 0.336. The van der Waals surface area contributed by atoms with Crippen LogP contribution < -0.4 is 14.8 Å². The largest absolute Gasteiger partial charge is 0.494 e. The van der Waals surface area contributed by atoms with Gasteiger partial charge < -0.3 is 19.4 Å². The predicted octanol–water partition coefficient (Wildman–Crippen LogP) is 6.22. The lowest BCUT2D eigenvalue weighted by atomic mass is 10.1. The molecular weight excluding hydrogens is 420 g/mol. The van der Waals surface area contributed by atoms with Crippen LogP contribution in [0.1, 0.15) is 24.0 Å². The van der Waals surface area contributed by atoms with Crippen molar-refractivity contribution in [2.75, 3.05) is 25.3 Å². The van der Waals surface area contributed by atoms with Crippen LogP contribution in [0.15, 0.2) is 47.4 Å². The Morgan fingerprint density at radius 3 is 2.34 bits per heavy atom. The van der Waals surface area contributed by atoms with E-state index in [1.165, 1.54) is 4.90 Å². The summed E-state index contributed by atoms with van der Waals surface area (Å²) in [5, 5.41) is 14.6. The molecule has 0 amide bonds. The molecule has 2 heterocycles. The molecule has 166 valence electrons. The van der Waals surface area contributed by atoms with Gasteiger partial charge in [-0.1, -0.05) is 0 Å². The minimum Gasteiger partial charge on any atom is -0.494 e. The van der Waals surface area contributed by atoms with Crippen LogP contribution in [-0.2, 0) is 0 Å². The normalized spacial score (nSPS) is 11.1. The summed E-state index contributed by atoms with van der Waals surface area (Å²) < 4.78 is 13.6. The van der Waals surface area contributed by atoms with Gasteiger partial charge >= 0.3 is 0 Å². The summed E-state index contributed by atoms with van der Waals surface area (Å²) in [6.45, 7) is 8.79. The van der Waals surface area contributed by atoms with Crippen molar-refractivity contribution in [2.24, 2.45) is 0 Å². The Morgan fingerprint density at radius 1 is 0.969 bits per heavy atom. The van der Waals surface area contributed by atoms with E-state index in [2.05, 4.69) is 64.4 Å². The number of aryl methyl sites for hydroxylation is 3. The monoisotopic (exact) mass is 448 g/mol. The Balaban J connectivity index is 1.87. The third kappa shape index (κ3) is 3.88. The summed E-state index contributed by atoms with van der Waals surface area (Å²) in [7, 11) is 1.68. The van der Waals surface area contributed by atoms with Gasteiger partial charge in [0.05, 0.1) is 25.1 Å². The predicted molar refractivity (Wildman–Crippen MR) is 132 cm³/mol. The third-order valence-electron chi connectivity index (χ3n) is 5.60. The van der Waals surface area contributed by atoms with E-state index in [4.69, 9.17) is 9.47 Å². The topological polar surface area (TPSA) is 61.2 Å². The lowest BCUT2D eigenvalue weighted by Gasteiger charge is -2.15. The Labute approximate surface area is 193 Å². The highest BCUT2D eigenvalue weighted by atomic mass is 32.2. The Morgan fingerprint density at radius 2 is 1.69 bits per heavy atom. The lowest BCUT2D eigenvalue weighted by Crippen LogP contribution is -2.03. The maximum atomic E-state index is 5.72. The number of methoxy groups -OCH3 is 1. The quantitative estimate of drug-likeness (QED) is 0.339. The van der Waals surface area contributed by atoms with Gasteiger partial charge in [-0.25, -0.2) is 0 Å². The fourth-order valence-corrected chi connectivity index (χ4v) is 4.56. The molecule has 4 aromatic rings. The number of thioether (sulfide) groups is 1. The highest BCUT2D eigenvalue weighted by molar-refractivity contribution is 7.98. The van der Waals surface area contributed by atoms with Crippen molar-refractivity contribution in [3.8, 4) is 17.2 Å². The van der Waals surface area contributed by atoms with Gasteiger partial charge in [0.15, 0.2) is 5.82 Å². The zero-order valence-electron chi connectivity index (χ0n) is 19.3. The summed E-state index contributed by atoms with van der Waals surface area (Å²) >= 11 is 1.72. The fraction of sp³-hybridized carbons (Fsp3) is 0.280. The van der Waals surface area contributed by atoms with Crippen molar-refractivity contribution in [3.05, 3.63) is 59.5 Å². The molecule has 0 aliphatic carbocycles. The molecule has 6 nitrogen and oxygen atoms in total. The second-order valence-electron chi connectivity index (χ2n) is 7.51. The fourth-order valence-electron chi connectivity index (χ4n) is 4.15. The maximum absolute atomic E-state index is 5.72. The van der Waals surface area contributed by atoms with Crippen molar-refractivity contribution in [1.29, 1.82) is 0 Å². The number of ether oxygens (including phenoxy) is 2. The highest BCUT2D eigenvalue weighted by Gasteiger charge is 2.21. The number of anilines is 2. The summed E-state index contributed by atoms with van der Waals surface area (Å²) in [5.41, 5.74) is 4.99. The second kappa shape index (κ2) is 9.12. The number of benzene rings is 2. The Bertz CT molecular complexity index is 1270. The van der Waals surface area contributed by atoms with Crippen LogP contribution >= 0.6 is 11.8 Å². The van der Waals surface area contributed by atoms with Gasteiger partial charge in [0.25, 0.3) is 0 Å². The number of aromatic nitrogens is 3. The van der Waals surface area contributed by atoms with E-state index in [1.54, 1.807) is 18.9 Å². The van der Waals surface area contributed by atoms with E-state index in [1.807, 2.05) is 32.0 Å². The van der Waals surface area contributed by atoms with E-state index >= 15 is 0 Å². The number of nitrogens with one attached hydrogen (secondary N) is 1. The van der Waals surface area contributed by atoms with Crippen LogP contribution in [0.4, 0.5) is 11.5 Å². The van der Waals surface area contributed by atoms with E-state index < -0.39 is 0 Å². The Kier molecular flexibility index (Phi) is 6.28. The van der Waals surface area contributed by atoms with E-state index in [-0.39, 0.29) is 0 Å². The van der Waals surface area contributed by atoms with Gasteiger partial charge in [-0.2, -0.15) is 5.10 Å². The maximum Gasteiger partial charge on any atom is 0.162 e. The first-order valence-corrected chi connectivity index (χ1v) is 11.8. The Hall–Kier alpha value is -3.19. The SMILES string of the molecule is CCOc1ccc(-n2c(C)c3c(C)nnc(Nc4ccc(SC)cc4)c3c2C)c(OC)c1. The molecule has 2 aromatic carbocycles. The highest BCUT2D eigenvalue weighted by Crippen LogP contribution is 2.38. The molecule has 0 saturated heterocycles. The van der Waals surface area contributed by atoms with E-state index in [0.29, 0.717) is 6.61 Å². The molecule has 0 radical (unpaired) electrons. The average molecular weight is 449 g/mol. The summed E-state index contributed by atoms with van der Waals surface area (Å²) in [5.74, 6) is 2.28. The molecule has 0 bridgehead atoms. The van der Waals surface area contributed by atoms with Crippen molar-refractivity contribution in [1.82, 2.24) is 14.8 Å². The summed E-state index contributed by atoms with van der Waals surface area (Å²) in [6, 6.07) is 14.3. The summed E-state index contributed by atoms with van der Waals surface area (Å²) in [4.78, 5) is 1.22. The molecule has 0 atom stereocenters. The van der Waals surface area contributed by atoms with Gasteiger partial charge in [-0.05, 0) is 70.3 Å². The number of fused-ring (bicyclic) bond motifs is 1. The molecule has 4 rings (SSSR count). The van der Waals surface area contributed by atoms with Crippen LogP contribution in [0.3, 0.4) is 0 Å². The van der Waals surface area contributed by atoms with Gasteiger partial charge in [-0.3, -0.25) is 0 Å². The van der Waals surface area contributed by atoms with Crippen molar-refractivity contribution < 1.29 is 9.47 Å². The molecule has 0 fully saturated rings. The first-order chi connectivity index (χ1) is 15.5. The van der Waals surface area contributed by atoms with Gasteiger partial charge in [0.1, 0.15) is 11.5 Å². The van der Waals surface area contributed by atoms with E-state index in [9.17, 15) is 0 Å². The number of rotatable bonds is 7. The van der Waals surface area contributed by atoms with Crippen LogP contribution in [0.2, 0.25) is 0 Å². The molecule has 0 aliphatic heterocycles. The van der Waals surface area contributed by atoms with Crippen LogP contribution in [0.25, 0.3) is 16.5 Å². The molecule has 0 saturated carbocycles. The molecule has 7 heteroatoms. The standard InChI is InChI=1S/C25H28N4O2S/c1-7-31-19-10-13-21(22(14-19)30-5)29-16(3)23-15(2)27-28-25(24(23)17(29)4)26-18-8-11-20(32-6)12-9-18/h8-14H,7H2,1-6H3,(H,26,28). The smallest absolute Gasteiger partial charge is 0.162 e. The zero-order chi connectivity index (χ0) is 22.8. The molecule has 0 unspecified atom stereocenters. The minimum absolute atomic E-state index is 0.609. The van der Waals surface area contributed by atoms with Crippen molar-refractivity contribution in [3.63, 3.8) is 0 Å². The molecule has 0 aliphatic rings. The number of hydrogen-bond donors (Lipinski definition) is 1. The molecular formula is C25H28N4O2S. The second-order valence-corrected chi connectivity index (χ2v) is 8.39. The van der Waals surface area contributed by atoms with Gasteiger partial charge in [0.2, 0.25) is 0 Å². The van der Waals surface area contributed by atoms with Crippen LogP contribution in [-0.4, -0.2) is 34.7 Å². The number of nitrogens with zero attached hydrogens (tertiary/aromatic N) is 3. The van der Waals surface area contributed by atoms with Crippen molar-refractivity contribution >= 4 is 34.0 Å². The minimum atomic E-state index is 0.609.